The molecule has 2 aromatic heterocycles. The van der Waals surface area contributed by atoms with Gasteiger partial charge in [-0.15, -0.1) is 21.5 Å². The normalized spacial score (nSPS) is 10.4. The highest BCUT2D eigenvalue weighted by Crippen LogP contribution is 2.19. The predicted molar refractivity (Wildman–Crippen MR) is 63.4 cm³/mol. The molecule has 0 N–H and O–H groups in total. The summed E-state index contributed by atoms with van der Waals surface area (Å²) in [6.45, 7) is 0.481. The molecule has 0 atom stereocenters. The zero-order valence-corrected chi connectivity index (χ0v) is 10.4. The molecule has 0 bridgehead atoms. The van der Waals surface area contributed by atoms with Crippen molar-refractivity contribution in [2.45, 2.75) is 6.42 Å². The van der Waals surface area contributed by atoms with E-state index in [1.54, 1.807) is 11.3 Å². The molecule has 0 amide bonds. The van der Waals surface area contributed by atoms with Crippen LogP contribution in [0.4, 0.5) is 0 Å². The van der Waals surface area contributed by atoms with E-state index in [0.717, 1.165) is 6.42 Å². The summed E-state index contributed by atoms with van der Waals surface area (Å²) >= 11 is 13.0. The van der Waals surface area contributed by atoms with E-state index in [9.17, 15) is 0 Å². The van der Waals surface area contributed by atoms with Gasteiger partial charge in [0, 0.05) is 11.3 Å². The van der Waals surface area contributed by atoms with Crippen molar-refractivity contribution in [2.24, 2.45) is 0 Å². The molecule has 2 aromatic rings. The average Bonchev–Trinajstić information content (AvgIpc) is 2.76. The fourth-order valence-corrected chi connectivity index (χ4v) is 2.01. The third kappa shape index (κ3) is 3.04. The molecule has 16 heavy (non-hydrogen) atoms. The fourth-order valence-electron chi connectivity index (χ4n) is 1.08. The molecule has 2 heterocycles. The second kappa shape index (κ2) is 5.43. The quantitative estimate of drug-likeness (QED) is 0.861. The minimum Gasteiger partial charge on any atom is -0.475 e. The maximum Gasteiger partial charge on any atom is 0.256 e. The van der Waals surface area contributed by atoms with Crippen molar-refractivity contribution in [1.29, 1.82) is 0 Å². The number of rotatable bonds is 4. The number of hydrogen-bond acceptors (Lipinski definition) is 5. The van der Waals surface area contributed by atoms with Crippen LogP contribution in [-0.2, 0) is 6.42 Å². The molecule has 7 heteroatoms. The van der Waals surface area contributed by atoms with E-state index in [0.29, 0.717) is 6.61 Å². The molecule has 2 rings (SSSR count). The van der Waals surface area contributed by atoms with E-state index in [1.807, 2.05) is 17.5 Å². The first-order chi connectivity index (χ1) is 7.75. The van der Waals surface area contributed by atoms with Gasteiger partial charge in [-0.2, -0.15) is 4.98 Å². The largest absolute Gasteiger partial charge is 0.475 e. The van der Waals surface area contributed by atoms with Crippen LogP contribution in [0.25, 0.3) is 0 Å². The maximum absolute atomic E-state index is 5.74. The van der Waals surface area contributed by atoms with Crippen LogP contribution in [-0.4, -0.2) is 21.8 Å². The zero-order valence-electron chi connectivity index (χ0n) is 8.06. The second-order valence-corrected chi connectivity index (χ2v) is 4.58. The number of hydrogen-bond donors (Lipinski definition) is 0. The van der Waals surface area contributed by atoms with E-state index < -0.39 is 0 Å². The predicted octanol–water partition coefficient (Wildman–Crippen LogP) is 2.86. The zero-order chi connectivity index (χ0) is 11.4. The van der Waals surface area contributed by atoms with Gasteiger partial charge in [-0.3, -0.25) is 0 Å². The van der Waals surface area contributed by atoms with Crippen molar-refractivity contribution in [1.82, 2.24) is 15.2 Å². The Morgan fingerprint density at radius 3 is 2.94 bits per heavy atom. The SMILES string of the molecule is Clc1nnc(Cl)c(OCCc2cccs2)n1. The molecular formula is C9H7Cl2N3OS. The number of aromatic nitrogens is 3. The van der Waals surface area contributed by atoms with Crippen LogP contribution in [0.1, 0.15) is 4.88 Å². The van der Waals surface area contributed by atoms with Gasteiger partial charge >= 0.3 is 0 Å². The van der Waals surface area contributed by atoms with E-state index in [-0.39, 0.29) is 16.3 Å². The Kier molecular flexibility index (Phi) is 3.93. The summed E-state index contributed by atoms with van der Waals surface area (Å²) in [5.41, 5.74) is 0. The molecule has 84 valence electrons. The summed E-state index contributed by atoms with van der Waals surface area (Å²) < 4.78 is 5.37. The van der Waals surface area contributed by atoms with Crippen LogP contribution in [0.2, 0.25) is 10.4 Å². The monoisotopic (exact) mass is 275 g/mol. The van der Waals surface area contributed by atoms with Gasteiger partial charge in [0.1, 0.15) is 0 Å². The Morgan fingerprint density at radius 1 is 1.31 bits per heavy atom. The standard InChI is InChI=1S/C9H7Cl2N3OS/c10-7-8(12-9(11)14-13-7)15-4-3-6-2-1-5-16-6/h1-2,5H,3-4H2. The van der Waals surface area contributed by atoms with Crippen molar-refractivity contribution in [3.8, 4) is 5.88 Å². The van der Waals surface area contributed by atoms with Crippen molar-refractivity contribution >= 4 is 34.5 Å². The third-order valence-corrected chi connectivity index (χ3v) is 3.09. The lowest BCUT2D eigenvalue weighted by atomic mass is 10.4. The summed E-state index contributed by atoms with van der Waals surface area (Å²) in [4.78, 5) is 5.07. The Hall–Kier alpha value is -0.910. The van der Waals surface area contributed by atoms with Gasteiger partial charge in [0.15, 0.2) is 0 Å². The summed E-state index contributed by atoms with van der Waals surface area (Å²) in [6.07, 6.45) is 0.801. The lowest BCUT2D eigenvalue weighted by Gasteiger charge is -2.04. The lowest BCUT2D eigenvalue weighted by Crippen LogP contribution is -2.04. The Labute approximate surface area is 106 Å². The van der Waals surface area contributed by atoms with Crippen molar-refractivity contribution in [3.63, 3.8) is 0 Å². The number of halogens is 2. The average molecular weight is 276 g/mol. The van der Waals surface area contributed by atoms with Crippen LogP contribution in [0.3, 0.4) is 0 Å². The van der Waals surface area contributed by atoms with Gasteiger partial charge in [-0.25, -0.2) is 0 Å². The number of ether oxygens (including phenoxy) is 1. The molecular weight excluding hydrogens is 269 g/mol. The Balaban J connectivity index is 1.92. The van der Waals surface area contributed by atoms with E-state index in [2.05, 4.69) is 15.2 Å². The summed E-state index contributed by atoms with van der Waals surface area (Å²) in [5.74, 6) is 0.221. The first-order valence-corrected chi connectivity index (χ1v) is 6.10. The van der Waals surface area contributed by atoms with E-state index in [1.165, 1.54) is 4.88 Å². The van der Waals surface area contributed by atoms with E-state index in [4.69, 9.17) is 27.9 Å². The topological polar surface area (TPSA) is 47.9 Å². The highest BCUT2D eigenvalue weighted by atomic mass is 35.5. The van der Waals surface area contributed by atoms with Gasteiger partial charge in [-0.1, -0.05) is 17.7 Å². The molecule has 0 unspecified atom stereocenters. The van der Waals surface area contributed by atoms with Crippen LogP contribution in [0.15, 0.2) is 17.5 Å². The van der Waals surface area contributed by atoms with Crippen molar-refractivity contribution in [2.75, 3.05) is 6.61 Å². The maximum atomic E-state index is 5.74. The van der Waals surface area contributed by atoms with Crippen LogP contribution in [0, 0.1) is 0 Å². The summed E-state index contributed by atoms with van der Waals surface area (Å²) in [6, 6.07) is 4.04. The molecule has 4 nitrogen and oxygen atoms in total. The molecule has 0 aromatic carbocycles. The van der Waals surface area contributed by atoms with Crippen LogP contribution >= 0.6 is 34.5 Å². The van der Waals surface area contributed by atoms with Gasteiger partial charge in [0.05, 0.1) is 6.61 Å². The highest BCUT2D eigenvalue weighted by molar-refractivity contribution is 7.09. The van der Waals surface area contributed by atoms with Crippen LogP contribution < -0.4 is 4.74 Å². The van der Waals surface area contributed by atoms with Gasteiger partial charge in [0.2, 0.25) is 10.4 Å². The minimum atomic E-state index is 0.0236. The molecule has 0 fully saturated rings. The first kappa shape index (κ1) is 11.6. The molecule has 0 aliphatic heterocycles. The Morgan fingerprint density at radius 2 is 2.19 bits per heavy atom. The molecule has 0 aliphatic carbocycles. The van der Waals surface area contributed by atoms with Crippen molar-refractivity contribution < 1.29 is 4.74 Å². The van der Waals surface area contributed by atoms with Crippen molar-refractivity contribution in [3.05, 3.63) is 32.8 Å². The van der Waals surface area contributed by atoms with Gasteiger partial charge in [-0.05, 0) is 23.0 Å². The Bertz CT molecular complexity index is 464. The third-order valence-electron chi connectivity index (χ3n) is 1.76. The molecule has 0 radical (unpaired) electrons. The second-order valence-electron chi connectivity index (χ2n) is 2.85. The molecule has 0 aliphatic rings. The van der Waals surface area contributed by atoms with Gasteiger partial charge in [0.25, 0.3) is 5.88 Å². The van der Waals surface area contributed by atoms with E-state index >= 15 is 0 Å². The summed E-state index contributed by atoms with van der Waals surface area (Å²) in [7, 11) is 0. The number of nitrogens with zero attached hydrogens (tertiary/aromatic N) is 3. The minimum absolute atomic E-state index is 0.0236. The first-order valence-electron chi connectivity index (χ1n) is 4.46. The van der Waals surface area contributed by atoms with Crippen LogP contribution in [0.5, 0.6) is 5.88 Å². The molecule has 0 saturated carbocycles. The number of thiophene rings is 1. The fraction of sp³-hybridized carbons (Fsp3) is 0.222. The molecule has 0 spiro atoms. The smallest absolute Gasteiger partial charge is 0.256 e. The highest BCUT2D eigenvalue weighted by Gasteiger charge is 2.07. The summed E-state index contributed by atoms with van der Waals surface area (Å²) in [5, 5.41) is 9.25. The molecule has 0 saturated heterocycles. The van der Waals surface area contributed by atoms with Gasteiger partial charge < -0.3 is 4.74 Å². The lowest BCUT2D eigenvalue weighted by molar-refractivity contribution is 0.308.